The van der Waals surface area contributed by atoms with Crippen LogP contribution in [0.1, 0.15) is 11.1 Å². The first kappa shape index (κ1) is 14.9. The minimum Gasteiger partial charge on any atom is -0.402 e. The van der Waals surface area contributed by atoms with Crippen molar-refractivity contribution in [2.24, 2.45) is 4.99 Å². The highest BCUT2D eigenvalue weighted by Crippen LogP contribution is 2.21. The van der Waals surface area contributed by atoms with Crippen molar-refractivity contribution in [3.8, 4) is 0 Å². The number of ether oxygens (including phenoxy) is 1. The number of esters is 1. The molecule has 1 aliphatic rings. The Morgan fingerprint density at radius 2 is 1.91 bits per heavy atom. The van der Waals surface area contributed by atoms with E-state index < -0.39 is 10.9 Å². The standard InChI is InChI=1S/C16H9ClN2O4/c17-12-3-1-2-11(9-12)15-18-14(16(20)23-15)8-10-4-6-13(7-5-10)19(21)22/h1-9H/b14-8+. The summed E-state index contributed by atoms with van der Waals surface area (Å²) in [5.74, 6) is -0.413. The minimum absolute atomic E-state index is 0.0238. The van der Waals surface area contributed by atoms with Crippen LogP contribution in [-0.4, -0.2) is 16.8 Å². The molecule has 0 radical (unpaired) electrons. The van der Waals surface area contributed by atoms with Gasteiger partial charge in [0.15, 0.2) is 5.70 Å². The third kappa shape index (κ3) is 3.27. The molecule has 0 unspecified atom stereocenters. The second-order valence-corrected chi connectivity index (χ2v) is 5.13. The van der Waals surface area contributed by atoms with E-state index in [-0.39, 0.29) is 17.3 Å². The zero-order chi connectivity index (χ0) is 16.4. The molecule has 2 aromatic carbocycles. The van der Waals surface area contributed by atoms with E-state index in [1.54, 1.807) is 24.3 Å². The van der Waals surface area contributed by atoms with Gasteiger partial charge in [0.25, 0.3) is 5.69 Å². The van der Waals surface area contributed by atoms with E-state index in [0.29, 0.717) is 16.1 Å². The average Bonchev–Trinajstić information content (AvgIpc) is 2.89. The molecule has 23 heavy (non-hydrogen) atoms. The summed E-state index contributed by atoms with van der Waals surface area (Å²) in [6, 6.07) is 12.6. The maximum atomic E-state index is 11.9. The fraction of sp³-hybridized carbons (Fsp3) is 0. The summed E-state index contributed by atoms with van der Waals surface area (Å²) >= 11 is 5.90. The molecule has 0 saturated heterocycles. The van der Waals surface area contributed by atoms with E-state index in [1.807, 2.05) is 0 Å². The number of hydrogen-bond donors (Lipinski definition) is 0. The van der Waals surface area contributed by atoms with Crippen LogP contribution in [0.4, 0.5) is 5.69 Å². The first-order valence-electron chi connectivity index (χ1n) is 6.56. The van der Waals surface area contributed by atoms with Gasteiger partial charge < -0.3 is 4.74 Å². The molecule has 0 aromatic heterocycles. The van der Waals surface area contributed by atoms with Gasteiger partial charge in [-0.05, 0) is 42.0 Å². The highest BCUT2D eigenvalue weighted by molar-refractivity contribution is 6.31. The van der Waals surface area contributed by atoms with Gasteiger partial charge in [0.2, 0.25) is 5.90 Å². The third-order valence-corrected chi connectivity index (χ3v) is 3.33. The van der Waals surface area contributed by atoms with Crippen LogP contribution in [-0.2, 0) is 9.53 Å². The number of hydrogen-bond acceptors (Lipinski definition) is 5. The number of benzene rings is 2. The van der Waals surface area contributed by atoms with E-state index in [9.17, 15) is 14.9 Å². The molecule has 3 rings (SSSR count). The normalized spacial score (nSPS) is 15.4. The molecule has 1 heterocycles. The summed E-state index contributed by atoms with van der Waals surface area (Å²) in [5, 5.41) is 11.1. The van der Waals surface area contributed by atoms with Crippen molar-refractivity contribution in [3.05, 3.63) is 80.5 Å². The molecule has 6 nitrogen and oxygen atoms in total. The monoisotopic (exact) mass is 328 g/mol. The predicted molar refractivity (Wildman–Crippen MR) is 85.2 cm³/mol. The number of aliphatic imine (C=N–C) groups is 1. The van der Waals surface area contributed by atoms with Gasteiger partial charge >= 0.3 is 5.97 Å². The summed E-state index contributed by atoms with van der Waals surface area (Å²) in [6.07, 6.45) is 1.50. The van der Waals surface area contributed by atoms with Crippen LogP contribution in [0.5, 0.6) is 0 Å². The Morgan fingerprint density at radius 1 is 1.17 bits per heavy atom. The fourth-order valence-corrected chi connectivity index (χ4v) is 2.19. The molecule has 0 aliphatic carbocycles. The number of halogens is 1. The van der Waals surface area contributed by atoms with Crippen molar-refractivity contribution in [1.82, 2.24) is 0 Å². The van der Waals surface area contributed by atoms with Gasteiger partial charge in [-0.15, -0.1) is 0 Å². The molecular weight excluding hydrogens is 320 g/mol. The van der Waals surface area contributed by atoms with Gasteiger partial charge in [0.05, 0.1) is 4.92 Å². The number of nitrogens with zero attached hydrogens (tertiary/aromatic N) is 2. The average molecular weight is 329 g/mol. The number of non-ortho nitro benzene ring substituents is 1. The summed E-state index contributed by atoms with van der Waals surface area (Å²) in [6.45, 7) is 0. The molecule has 0 spiro atoms. The van der Waals surface area contributed by atoms with E-state index in [2.05, 4.69) is 4.99 Å². The first-order chi connectivity index (χ1) is 11.0. The van der Waals surface area contributed by atoms with Gasteiger partial charge in [-0.25, -0.2) is 9.79 Å². The lowest BCUT2D eigenvalue weighted by Crippen LogP contribution is -2.05. The SMILES string of the molecule is O=C1OC(c2cccc(Cl)c2)=N/C1=C/c1ccc([N+](=O)[O-])cc1. The molecule has 0 fully saturated rings. The molecule has 0 bridgehead atoms. The summed E-state index contributed by atoms with van der Waals surface area (Å²) in [4.78, 5) is 26.2. The van der Waals surface area contributed by atoms with Gasteiger partial charge in [-0.3, -0.25) is 10.1 Å². The van der Waals surface area contributed by atoms with Gasteiger partial charge in [-0.1, -0.05) is 17.7 Å². The molecular formula is C16H9ClN2O4. The topological polar surface area (TPSA) is 81.8 Å². The lowest BCUT2D eigenvalue weighted by atomic mass is 10.2. The largest absolute Gasteiger partial charge is 0.402 e. The molecule has 0 saturated carbocycles. The molecule has 0 N–H and O–H groups in total. The van der Waals surface area contributed by atoms with Crippen molar-refractivity contribution in [2.45, 2.75) is 0 Å². The molecule has 1 aliphatic heterocycles. The lowest BCUT2D eigenvalue weighted by Gasteiger charge is -1.98. The third-order valence-electron chi connectivity index (χ3n) is 3.10. The number of nitro groups is 1. The smallest absolute Gasteiger partial charge is 0.363 e. The Balaban J connectivity index is 1.90. The van der Waals surface area contributed by atoms with Crippen LogP contribution in [0.15, 0.2) is 59.2 Å². The Kier molecular flexibility index (Phi) is 3.91. The van der Waals surface area contributed by atoms with Gasteiger partial charge in [-0.2, -0.15) is 0 Å². The highest BCUT2D eigenvalue weighted by atomic mass is 35.5. The van der Waals surface area contributed by atoms with E-state index in [1.165, 1.54) is 30.3 Å². The number of carbonyl (C=O) groups excluding carboxylic acids is 1. The van der Waals surface area contributed by atoms with Crippen molar-refractivity contribution in [2.75, 3.05) is 0 Å². The zero-order valence-corrected chi connectivity index (χ0v) is 12.4. The number of rotatable bonds is 3. The number of cyclic esters (lactones) is 1. The zero-order valence-electron chi connectivity index (χ0n) is 11.6. The highest BCUT2D eigenvalue weighted by Gasteiger charge is 2.24. The van der Waals surface area contributed by atoms with Gasteiger partial charge in [0, 0.05) is 22.7 Å². The molecule has 0 amide bonds. The Labute approximate surface area is 135 Å². The van der Waals surface area contributed by atoms with E-state index in [4.69, 9.17) is 16.3 Å². The summed E-state index contributed by atoms with van der Waals surface area (Å²) < 4.78 is 5.13. The molecule has 114 valence electrons. The Hall–Kier alpha value is -2.99. The maximum absolute atomic E-state index is 11.9. The minimum atomic E-state index is -0.585. The molecule has 2 aromatic rings. The number of nitro benzene ring substituents is 1. The quantitative estimate of drug-likeness (QED) is 0.373. The van der Waals surface area contributed by atoms with Crippen LogP contribution in [0, 0.1) is 10.1 Å². The molecule has 0 atom stereocenters. The van der Waals surface area contributed by atoms with E-state index in [0.717, 1.165) is 0 Å². The van der Waals surface area contributed by atoms with Gasteiger partial charge in [0.1, 0.15) is 0 Å². The van der Waals surface area contributed by atoms with Crippen molar-refractivity contribution >= 4 is 35.2 Å². The van der Waals surface area contributed by atoms with E-state index >= 15 is 0 Å². The fourth-order valence-electron chi connectivity index (χ4n) is 2.00. The van der Waals surface area contributed by atoms with Crippen LogP contribution in [0.3, 0.4) is 0 Å². The summed E-state index contributed by atoms with van der Waals surface area (Å²) in [7, 11) is 0. The van der Waals surface area contributed by atoms with Crippen molar-refractivity contribution in [3.63, 3.8) is 0 Å². The van der Waals surface area contributed by atoms with Crippen LogP contribution in [0.25, 0.3) is 6.08 Å². The van der Waals surface area contributed by atoms with Crippen LogP contribution in [0.2, 0.25) is 5.02 Å². The second kappa shape index (κ2) is 6.02. The van der Waals surface area contributed by atoms with Crippen LogP contribution >= 0.6 is 11.6 Å². The van der Waals surface area contributed by atoms with Crippen molar-refractivity contribution < 1.29 is 14.5 Å². The summed E-state index contributed by atoms with van der Waals surface area (Å²) in [5.41, 5.74) is 1.30. The van der Waals surface area contributed by atoms with Crippen molar-refractivity contribution in [1.29, 1.82) is 0 Å². The Morgan fingerprint density at radius 3 is 2.57 bits per heavy atom. The number of carbonyl (C=O) groups is 1. The lowest BCUT2D eigenvalue weighted by molar-refractivity contribution is -0.384. The Bertz CT molecular complexity index is 857. The maximum Gasteiger partial charge on any atom is 0.363 e. The molecule has 7 heteroatoms. The predicted octanol–water partition coefficient (Wildman–Crippen LogP) is 3.59. The second-order valence-electron chi connectivity index (χ2n) is 4.70. The first-order valence-corrected chi connectivity index (χ1v) is 6.94. The van der Waals surface area contributed by atoms with Crippen LogP contribution < -0.4 is 0 Å².